The molecule has 2 rings (SSSR count). The summed E-state index contributed by atoms with van der Waals surface area (Å²) < 4.78 is 5.20. The van der Waals surface area contributed by atoms with Crippen molar-refractivity contribution in [1.82, 2.24) is 0 Å². The highest BCUT2D eigenvalue weighted by atomic mass is 32.2. The number of nitriles is 1. The maximum Gasteiger partial charge on any atom is 0.341 e. The Labute approximate surface area is 151 Å². The number of ether oxygens (including phenoxy) is 1. The third kappa shape index (κ3) is 5.63. The zero-order valence-electron chi connectivity index (χ0n) is 13.8. The van der Waals surface area contributed by atoms with Crippen LogP contribution in [-0.4, -0.2) is 24.1 Å². The average molecular weight is 351 g/mol. The minimum Gasteiger partial charge on any atom is -0.461 e. The van der Waals surface area contributed by atoms with Crippen molar-refractivity contribution < 1.29 is 14.3 Å². The molecule has 0 heterocycles. The summed E-state index contributed by atoms with van der Waals surface area (Å²) in [5, 5.41) is 9.11. The zero-order chi connectivity index (χ0) is 18.1. The van der Waals surface area contributed by atoms with Gasteiger partial charge in [0.05, 0.1) is 11.6 Å². The van der Waals surface area contributed by atoms with Gasteiger partial charge in [0.1, 0.15) is 12.2 Å². The molecular formula is C20H17NO3S. The van der Waals surface area contributed by atoms with Crippen molar-refractivity contribution >= 4 is 29.6 Å². The van der Waals surface area contributed by atoms with E-state index >= 15 is 0 Å². The molecule has 0 aromatic heterocycles. The molecule has 4 nitrogen and oxygen atoms in total. The van der Waals surface area contributed by atoms with Crippen LogP contribution < -0.4 is 0 Å². The van der Waals surface area contributed by atoms with E-state index in [1.54, 1.807) is 36.0 Å². The SMILES string of the molecule is CC(=O)/C(=C/c1ccccc1C#N)C(=O)OCCSc1ccccc1. The first kappa shape index (κ1) is 18.5. The molecule has 0 saturated carbocycles. The highest BCUT2D eigenvalue weighted by Gasteiger charge is 2.16. The number of ketones is 1. The normalized spacial score (nSPS) is 10.8. The molecule has 0 aliphatic rings. The number of thioether (sulfide) groups is 1. The van der Waals surface area contributed by atoms with Gasteiger partial charge < -0.3 is 4.74 Å². The fraction of sp³-hybridized carbons (Fsp3) is 0.150. The predicted molar refractivity (Wildman–Crippen MR) is 97.9 cm³/mol. The number of carbonyl (C=O) groups is 2. The maximum absolute atomic E-state index is 12.2. The topological polar surface area (TPSA) is 67.2 Å². The van der Waals surface area contributed by atoms with Crippen molar-refractivity contribution in [3.05, 3.63) is 71.3 Å². The number of Topliss-reactive ketones (excluding diaryl/α,β-unsaturated/α-hetero) is 1. The Bertz CT molecular complexity index is 822. The molecule has 0 aliphatic heterocycles. The molecule has 0 saturated heterocycles. The van der Waals surface area contributed by atoms with Crippen LogP contribution in [0.25, 0.3) is 6.08 Å². The van der Waals surface area contributed by atoms with Crippen LogP contribution in [-0.2, 0) is 14.3 Å². The number of esters is 1. The third-order valence-electron chi connectivity index (χ3n) is 3.31. The van der Waals surface area contributed by atoms with Crippen LogP contribution in [0.4, 0.5) is 0 Å². The Balaban J connectivity index is 2.00. The molecule has 0 aliphatic carbocycles. The number of rotatable bonds is 7. The van der Waals surface area contributed by atoms with E-state index in [9.17, 15) is 9.59 Å². The minimum atomic E-state index is -0.672. The van der Waals surface area contributed by atoms with Crippen molar-refractivity contribution in [2.75, 3.05) is 12.4 Å². The maximum atomic E-state index is 12.2. The predicted octanol–water partition coefficient (Wildman–Crippen LogP) is 3.87. The van der Waals surface area contributed by atoms with Crippen molar-refractivity contribution in [2.24, 2.45) is 0 Å². The van der Waals surface area contributed by atoms with E-state index < -0.39 is 11.8 Å². The Hall–Kier alpha value is -2.84. The van der Waals surface area contributed by atoms with Gasteiger partial charge in [-0.1, -0.05) is 36.4 Å². The molecule has 0 unspecified atom stereocenters. The lowest BCUT2D eigenvalue weighted by Crippen LogP contribution is -2.15. The van der Waals surface area contributed by atoms with Crippen LogP contribution >= 0.6 is 11.8 Å². The van der Waals surface area contributed by atoms with Gasteiger partial charge in [-0.2, -0.15) is 5.26 Å². The van der Waals surface area contributed by atoms with Gasteiger partial charge >= 0.3 is 5.97 Å². The highest BCUT2D eigenvalue weighted by molar-refractivity contribution is 7.99. The average Bonchev–Trinajstić information content (AvgIpc) is 2.64. The molecule has 0 amide bonds. The summed E-state index contributed by atoms with van der Waals surface area (Å²) in [5.41, 5.74) is 0.854. The van der Waals surface area contributed by atoms with E-state index in [-0.39, 0.29) is 12.2 Å². The van der Waals surface area contributed by atoms with Crippen molar-refractivity contribution in [3.63, 3.8) is 0 Å². The second-order valence-corrected chi connectivity index (χ2v) is 6.28. The quantitative estimate of drug-likeness (QED) is 0.189. The number of carbonyl (C=O) groups excluding carboxylic acids is 2. The monoisotopic (exact) mass is 351 g/mol. The van der Waals surface area contributed by atoms with Gasteiger partial charge in [0.2, 0.25) is 0 Å². The van der Waals surface area contributed by atoms with E-state index in [1.165, 1.54) is 13.0 Å². The van der Waals surface area contributed by atoms with E-state index in [1.807, 2.05) is 36.4 Å². The molecule has 2 aromatic rings. The standard InChI is InChI=1S/C20H17NO3S/c1-15(22)19(13-16-7-5-6-8-17(16)14-21)20(23)24-11-12-25-18-9-3-2-4-10-18/h2-10,13H,11-12H2,1H3/b19-13-. The molecule has 0 radical (unpaired) electrons. The Morgan fingerprint density at radius 1 is 1.12 bits per heavy atom. The van der Waals surface area contributed by atoms with Gasteiger partial charge in [0.15, 0.2) is 5.78 Å². The van der Waals surface area contributed by atoms with Crippen LogP contribution in [0.15, 0.2) is 65.1 Å². The second kappa shape index (κ2) is 9.45. The fourth-order valence-electron chi connectivity index (χ4n) is 2.07. The van der Waals surface area contributed by atoms with Crippen molar-refractivity contribution in [1.29, 1.82) is 5.26 Å². The van der Waals surface area contributed by atoms with Gasteiger partial charge in [-0.15, -0.1) is 11.8 Å². The molecule has 0 bridgehead atoms. The van der Waals surface area contributed by atoms with Gasteiger partial charge in [-0.05, 0) is 36.8 Å². The number of nitrogens with zero attached hydrogens (tertiary/aromatic N) is 1. The van der Waals surface area contributed by atoms with Crippen LogP contribution in [0, 0.1) is 11.3 Å². The summed E-state index contributed by atoms with van der Waals surface area (Å²) in [6.07, 6.45) is 1.41. The smallest absolute Gasteiger partial charge is 0.341 e. The lowest BCUT2D eigenvalue weighted by molar-refractivity contribution is -0.139. The number of hydrogen-bond donors (Lipinski definition) is 0. The fourth-order valence-corrected chi connectivity index (χ4v) is 2.82. The second-order valence-electron chi connectivity index (χ2n) is 5.11. The molecule has 25 heavy (non-hydrogen) atoms. The lowest BCUT2D eigenvalue weighted by atomic mass is 10.0. The molecular weight excluding hydrogens is 334 g/mol. The number of hydrogen-bond acceptors (Lipinski definition) is 5. The largest absolute Gasteiger partial charge is 0.461 e. The summed E-state index contributed by atoms with van der Waals surface area (Å²) in [7, 11) is 0. The molecule has 126 valence electrons. The van der Waals surface area contributed by atoms with Crippen LogP contribution in [0.3, 0.4) is 0 Å². The van der Waals surface area contributed by atoms with E-state index in [2.05, 4.69) is 0 Å². The molecule has 5 heteroatoms. The van der Waals surface area contributed by atoms with Crippen molar-refractivity contribution in [3.8, 4) is 6.07 Å². The van der Waals surface area contributed by atoms with E-state index in [0.29, 0.717) is 16.9 Å². The first-order valence-electron chi connectivity index (χ1n) is 7.68. The van der Waals surface area contributed by atoms with E-state index in [4.69, 9.17) is 10.00 Å². The molecule has 0 N–H and O–H groups in total. The van der Waals surface area contributed by atoms with E-state index in [0.717, 1.165) is 4.90 Å². The molecule has 0 atom stereocenters. The van der Waals surface area contributed by atoms with Crippen LogP contribution in [0.5, 0.6) is 0 Å². The summed E-state index contributed by atoms with van der Waals surface area (Å²) >= 11 is 1.57. The van der Waals surface area contributed by atoms with Gasteiger partial charge in [0.25, 0.3) is 0 Å². The summed E-state index contributed by atoms with van der Waals surface area (Å²) in [4.78, 5) is 25.1. The first-order chi connectivity index (χ1) is 12.1. The zero-order valence-corrected chi connectivity index (χ0v) is 14.6. The van der Waals surface area contributed by atoms with Gasteiger partial charge in [0, 0.05) is 10.6 Å². The molecule has 2 aromatic carbocycles. The van der Waals surface area contributed by atoms with Gasteiger partial charge in [-0.3, -0.25) is 4.79 Å². The Morgan fingerprint density at radius 3 is 2.48 bits per heavy atom. The van der Waals surface area contributed by atoms with Crippen molar-refractivity contribution in [2.45, 2.75) is 11.8 Å². The summed E-state index contributed by atoms with van der Waals surface area (Å²) in [5.74, 6) is -0.474. The van der Waals surface area contributed by atoms with Crippen LogP contribution in [0.1, 0.15) is 18.1 Å². The highest BCUT2D eigenvalue weighted by Crippen LogP contribution is 2.17. The summed E-state index contributed by atoms with van der Waals surface area (Å²) in [6.45, 7) is 1.50. The minimum absolute atomic E-state index is 0.0626. The lowest BCUT2D eigenvalue weighted by Gasteiger charge is -2.07. The Morgan fingerprint density at radius 2 is 1.80 bits per heavy atom. The Kier molecular flexibility index (Phi) is 7.00. The van der Waals surface area contributed by atoms with Gasteiger partial charge in [-0.25, -0.2) is 4.79 Å². The first-order valence-corrected chi connectivity index (χ1v) is 8.67. The third-order valence-corrected chi connectivity index (χ3v) is 4.29. The summed E-state index contributed by atoms with van der Waals surface area (Å²) in [6, 6.07) is 18.6. The van der Waals surface area contributed by atoms with Crippen LogP contribution in [0.2, 0.25) is 0 Å². The number of benzene rings is 2. The molecule has 0 spiro atoms. The molecule has 0 fully saturated rings.